The molecule has 0 heterocycles. The van der Waals surface area contributed by atoms with Crippen LogP contribution in [0.2, 0.25) is 19.6 Å². The molecule has 3 aromatic carbocycles. The molecule has 0 bridgehead atoms. The normalized spacial score (nSPS) is 11.8. The lowest BCUT2D eigenvalue weighted by Crippen LogP contribution is -2.39. The third-order valence-corrected chi connectivity index (χ3v) is 10.3. The van der Waals surface area contributed by atoms with Crippen LogP contribution in [0, 0.1) is 52.6 Å². The number of halogens is 2. The molecule has 33 heavy (non-hydrogen) atoms. The second-order valence-electron chi connectivity index (χ2n) is 10.3. The molecular weight excluding hydrogens is 475 g/mol. The van der Waals surface area contributed by atoms with Gasteiger partial charge in [-0.1, -0.05) is 78.8 Å². The van der Waals surface area contributed by atoms with Crippen molar-refractivity contribution in [3.63, 3.8) is 0 Å². The van der Waals surface area contributed by atoms with E-state index >= 15 is 0 Å². The lowest BCUT2D eigenvalue weighted by Gasteiger charge is -2.25. The summed E-state index contributed by atoms with van der Waals surface area (Å²) in [5, 5.41) is 1.02. The molecule has 0 saturated heterocycles. The molecule has 0 atom stereocenters. The molecule has 0 amide bonds. The third-order valence-electron chi connectivity index (χ3n) is 5.87. The van der Waals surface area contributed by atoms with Gasteiger partial charge in [0.25, 0.3) is 0 Å². The highest BCUT2D eigenvalue weighted by atomic mass is 35.7. The number of hydrogen-bond donors (Lipinski definition) is 0. The Morgan fingerprint density at radius 1 is 0.606 bits per heavy atom. The van der Waals surface area contributed by atoms with Gasteiger partial charge >= 0.3 is 6.69 Å². The van der Waals surface area contributed by atoms with E-state index in [4.69, 9.17) is 22.2 Å². The van der Waals surface area contributed by atoms with E-state index in [2.05, 4.69) is 115 Å². The highest BCUT2D eigenvalue weighted by Gasteiger charge is 2.36. The van der Waals surface area contributed by atoms with Gasteiger partial charge in [-0.3, -0.25) is 0 Å². The predicted octanol–water partition coefficient (Wildman–Crippen LogP) is 8.42. The zero-order valence-corrected chi connectivity index (χ0v) is 24.8. The van der Waals surface area contributed by atoms with Gasteiger partial charge in [0.1, 0.15) is 8.07 Å². The van der Waals surface area contributed by atoms with Crippen molar-refractivity contribution in [2.45, 2.75) is 61.2 Å². The Hall–Kier alpha value is -1.77. The van der Waals surface area contributed by atoms with Gasteiger partial charge in [-0.25, -0.2) is 0 Å². The van der Waals surface area contributed by atoms with Gasteiger partial charge < -0.3 is 0 Å². The summed E-state index contributed by atoms with van der Waals surface area (Å²) in [5.74, 6) is 0. The van der Waals surface area contributed by atoms with Crippen LogP contribution in [0.15, 0.2) is 42.5 Å². The summed E-state index contributed by atoms with van der Waals surface area (Å²) >= 11 is 14.6. The number of hydrogen-bond acceptors (Lipinski definition) is 0. The van der Waals surface area contributed by atoms with E-state index in [0.29, 0.717) is 0 Å². The second kappa shape index (κ2) is 9.47. The number of aryl methyl sites for hydroxylation is 6. The minimum Gasteiger partial charge on any atom is -0.136 e. The summed E-state index contributed by atoms with van der Waals surface area (Å²) in [6.07, 6.45) is 0. The molecule has 3 rings (SSSR count). The minimum atomic E-state index is -3.14. The first-order valence-electron chi connectivity index (χ1n) is 11.4. The SMILES string of the molecule is Cc1cc(C)c(-c2cccc(-c3c(C)cc(C)cc3C)c2[Si](Cl)(Cl)C#C[Si](C)(C)C)c(C)c1. The van der Waals surface area contributed by atoms with E-state index in [1.807, 2.05) is 0 Å². The van der Waals surface area contributed by atoms with Crippen molar-refractivity contribution >= 4 is 42.1 Å². The quantitative estimate of drug-likeness (QED) is 0.189. The van der Waals surface area contributed by atoms with E-state index in [0.717, 1.165) is 16.3 Å². The maximum atomic E-state index is 7.30. The van der Waals surface area contributed by atoms with Gasteiger partial charge in [0, 0.05) is 0 Å². The molecule has 0 aliphatic heterocycles. The Morgan fingerprint density at radius 2 is 0.970 bits per heavy atom. The van der Waals surface area contributed by atoms with Crippen molar-refractivity contribution in [1.82, 2.24) is 0 Å². The van der Waals surface area contributed by atoms with Crippen LogP contribution in [0.3, 0.4) is 0 Å². The van der Waals surface area contributed by atoms with Gasteiger partial charge in [-0.05, 0) is 91.2 Å². The molecule has 172 valence electrons. The zero-order chi connectivity index (χ0) is 24.7. The first kappa shape index (κ1) is 25.8. The molecule has 0 saturated carbocycles. The smallest absolute Gasteiger partial charge is 0.136 e. The van der Waals surface area contributed by atoms with Gasteiger partial charge in [0.05, 0.1) is 0 Å². The fourth-order valence-electron chi connectivity index (χ4n) is 4.85. The lowest BCUT2D eigenvalue weighted by molar-refractivity contribution is 1.31. The van der Waals surface area contributed by atoms with Crippen LogP contribution in [-0.4, -0.2) is 14.8 Å². The predicted molar refractivity (Wildman–Crippen MR) is 154 cm³/mol. The largest absolute Gasteiger partial charge is 0.356 e. The van der Waals surface area contributed by atoms with Crippen LogP contribution in [0.1, 0.15) is 33.4 Å². The minimum absolute atomic E-state index is 1.02. The monoisotopic (exact) mass is 508 g/mol. The Bertz CT molecular complexity index is 1160. The van der Waals surface area contributed by atoms with E-state index < -0.39 is 14.8 Å². The fourth-order valence-corrected chi connectivity index (χ4v) is 10.3. The summed E-state index contributed by atoms with van der Waals surface area (Å²) in [5.41, 5.74) is 19.0. The Morgan fingerprint density at radius 3 is 1.30 bits per heavy atom. The second-order valence-corrected chi connectivity index (χ2v) is 21.0. The van der Waals surface area contributed by atoms with E-state index in [-0.39, 0.29) is 0 Å². The van der Waals surface area contributed by atoms with E-state index in [1.54, 1.807) is 0 Å². The maximum absolute atomic E-state index is 7.30. The molecule has 0 nitrogen and oxygen atoms in total. The first-order valence-corrected chi connectivity index (χ1v) is 19.0. The van der Waals surface area contributed by atoms with Crippen LogP contribution in [0.25, 0.3) is 22.3 Å². The molecule has 0 spiro atoms. The maximum Gasteiger partial charge on any atom is 0.356 e. The molecule has 0 aliphatic rings. The van der Waals surface area contributed by atoms with Crippen molar-refractivity contribution in [1.29, 1.82) is 0 Å². The molecule has 4 heteroatoms. The van der Waals surface area contributed by atoms with Crippen molar-refractivity contribution in [3.8, 4) is 33.3 Å². The van der Waals surface area contributed by atoms with Crippen molar-refractivity contribution in [2.24, 2.45) is 0 Å². The van der Waals surface area contributed by atoms with Gasteiger partial charge in [-0.15, -0.1) is 27.7 Å². The van der Waals surface area contributed by atoms with Crippen LogP contribution >= 0.6 is 22.2 Å². The Balaban J connectivity index is 2.48. The summed E-state index contributed by atoms with van der Waals surface area (Å²) in [7, 11) is -1.65. The van der Waals surface area contributed by atoms with Crippen LogP contribution < -0.4 is 5.19 Å². The van der Waals surface area contributed by atoms with Crippen LogP contribution in [0.5, 0.6) is 0 Å². The summed E-state index contributed by atoms with van der Waals surface area (Å²) in [6.45, 7) is 16.5. The molecule has 3 aromatic rings. The molecule has 0 aliphatic carbocycles. The highest BCUT2D eigenvalue weighted by molar-refractivity contribution is 7.55. The molecule has 0 radical (unpaired) electrons. The van der Waals surface area contributed by atoms with Gasteiger partial charge in [0.15, 0.2) is 0 Å². The summed E-state index contributed by atoms with van der Waals surface area (Å²) < 4.78 is 0. The fraction of sp³-hybridized carbons (Fsp3) is 0.310. The number of benzene rings is 3. The van der Waals surface area contributed by atoms with E-state index in [1.165, 1.54) is 44.5 Å². The van der Waals surface area contributed by atoms with Gasteiger partial charge in [0.2, 0.25) is 0 Å². The van der Waals surface area contributed by atoms with Crippen LogP contribution in [-0.2, 0) is 0 Å². The topological polar surface area (TPSA) is 0 Å². The van der Waals surface area contributed by atoms with E-state index in [9.17, 15) is 0 Å². The molecule has 0 N–H and O–H groups in total. The van der Waals surface area contributed by atoms with Gasteiger partial charge in [-0.2, -0.15) is 0 Å². The number of rotatable bonds is 3. The standard InChI is InChI=1S/C29H34Cl2Si2/c1-19-15-21(3)27(22(4)16-19)25-11-10-12-26(28-23(5)17-20(2)18-24(28)6)29(25)33(30,31)14-13-32(7,8)9/h10-12,15-18H,1-9H3. The molecule has 0 unspecified atom stereocenters. The third kappa shape index (κ3) is 5.66. The molecule has 0 fully saturated rings. The average Bonchev–Trinajstić information content (AvgIpc) is 2.64. The zero-order valence-electron chi connectivity index (χ0n) is 21.3. The van der Waals surface area contributed by atoms with Crippen molar-refractivity contribution in [2.75, 3.05) is 0 Å². The van der Waals surface area contributed by atoms with Crippen molar-refractivity contribution < 1.29 is 0 Å². The summed E-state index contributed by atoms with van der Waals surface area (Å²) in [6, 6.07) is 15.4. The molecule has 0 aromatic heterocycles. The Labute approximate surface area is 211 Å². The average molecular weight is 510 g/mol. The van der Waals surface area contributed by atoms with Crippen molar-refractivity contribution in [3.05, 3.63) is 75.8 Å². The van der Waals surface area contributed by atoms with Crippen LogP contribution in [0.4, 0.5) is 0 Å². The highest BCUT2D eigenvalue weighted by Crippen LogP contribution is 2.36. The summed E-state index contributed by atoms with van der Waals surface area (Å²) in [4.78, 5) is 0. The lowest BCUT2D eigenvalue weighted by atomic mass is 9.89. The first-order chi connectivity index (χ1) is 15.2. The molecular formula is C29H34Cl2Si2. The Kier molecular flexibility index (Phi) is 7.42.